The molecule has 0 amide bonds. The average Bonchev–Trinajstić information content (AvgIpc) is 2.75. The van der Waals surface area contributed by atoms with E-state index in [0.29, 0.717) is 11.3 Å². The van der Waals surface area contributed by atoms with Crippen LogP contribution in [0.1, 0.15) is 50.0 Å². The quantitative estimate of drug-likeness (QED) is 0.417. The second-order valence-electron chi connectivity index (χ2n) is 8.60. The van der Waals surface area contributed by atoms with E-state index in [0.717, 1.165) is 30.0 Å². The van der Waals surface area contributed by atoms with E-state index in [1.54, 1.807) is 51.1 Å². The van der Waals surface area contributed by atoms with Gasteiger partial charge in [0, 0.05) is 34.7 Å². The molecule has 1 aliphatic heterocycles. The number of aliphatic imine (C=N–C) groups is 1. The summed E-state index contributed by atoms with van der Waals surface area (Å²) in [6.45, 7) is 6.13. The Bertz CT molecular complexity index is 1230. The van der Waals surface area contributed by atoms with Crippen LogP contribution in [0.3, 0.4) is 0 Å². The molecule has 1 heterocycles. The zero-order valence-electron chi connectivity index (χ0n) is 18.7. The van der Waals surface area contributed by atoms with Crippen LogP contribution in [0.4, 0.5) is 10.1 Å². The summed E-state index contributed by atoms with van der Waals surface area (Å²) in [5.74, 6) is -0.610. The predicted octanol–water partition coefficient (Wildman–Crippen LogP) is 4.95. The fourth-order valence-corrected chi connectivity index (χ4v) is 7.39. The standard InChI is InChI=1S/C23H25FN2O5S2/c1-15-22(2,3)33(30,31)20(12-13-32-21(27)16-8-6-5-7-9-16)23(4,25-15)18-14-17(26(28)29)10-11-19(18)24/h5-11,14,20H,12-13H2,1-4H3/t20?,23-/m1/s1. The highest BCUT2D eigenvalue weighted by Gasteiger charge is 2.56. The molecule has 7 nitrogen and oxygen atoms in total. The minimum Gasteiger partial charge on any atom is -0.282 e. The molecular formula is C23H25FN2O5S2. The van der Waals surface area contributed by atoms with Gasteiger partial charge in [0.15, 0.2) is 9.84 Å². The van der Waals surface area contributed by atoms with Gasteiger partial charge in [0.2, 0.25) is 5.12 Å². The third-order valence-corrected chi connectivity index (χ3v) is 10.4. The van der Waals surface area contributed by atoms with Crippen molar-refractivity contribution in [3.8, 4) is 0 Å². The summed E-state index contributed by atoms with van der Waals surface area (Å²) in [5.41, 5.74) is -1.31. The molecule has 2 atom stereocenters. The van der Waals surface area contributed by atoms with Crippen molar-refractivity contribution in [3.05, 3.63) is 75.6 Å². The Morgan fingerprint density at radius 1 is 1.18 bits per heavy atom. The highest BCUT2D eigenvalue weighted by molar-refractivity contribution is 8.14. The Hall–Kier alpha value is -2.59. The van der Waals surface area contributed by atoms with Crippen molar-refractivity contribution in [3.63, 3.8) is 0 Å². The van der Waals surface area contributed by atoms with Gasteiger partial charge in [-0.05, 0) is 40.2 Å². The number of carbonyl (C=O) groups excluding carboxylic acids is 1. The molecule has 2 aromatic rings. The summed E-state index contributed by atoms with van der Waals surface area (Å²) >= 11 is 0.979. The summed E-state index contributed by atoms with van der Waals surface area (Å²) in [4.78, 5) is 27.7. The first-order valence-corrected chi connectivity index (χ1v) is 12.8. The number of sulfone groups is 1. The first-order chi connectivity index (χ1) is 15.3. The molecule has 176 valence electrons. The van der Waals surface area contributed by atoms with E-state index in [1.807, 2.05) is 0 Å². The first kappa shape index (κ1) is 25.0. The third-order valence-electron chi connectivity index (χ3n) is 6.31. The van der Waals surface area contributed by atoms with Gasteiger partial charge in [-0.2, -0.15) is 0 Å². The van der Waals surface area contributed by atoms with Gasteiger partial charge in [-0.3, -0.25) is 19.9 Å². The molecular weight excluding hydrogens is 467 g/mol. The highest BCUT2D eigenvalue weighted by Crippen LogP contribution is 2.46. The zero-order chi connectivity index (χ0) is 24.6. The summed E-state index contributed by atoms with van der Waals surface area (Å²) in [5, 5.41) is 9.91. The van der Waals surface area contributed by atoms with Crippen LogP contribution >= 0.6 is 11.8 Å². The van der Waals surface area contributed by atoms with Crippen molar-refractivity contribution < 1.29 is 22.5 Å². The topological polar surface area (TPSA) is 107 Å². The number of carbonyl (C=O) groups is 1. The number of nitro benzene ring substituents is 1. The van der Waals surface area contributed by atoms with E-state index >= 15 is 0 Å². The number of hydrogen-bond donors (Lipinski definition) is 0. The molecule has 0 fully saturated rings. The van der Waals surface area contributed by atoms with Crippen molar-refractivity contribution in [2.45, 2.75) is 49.7 Å². The van der Waals surface area contributed by atoms with Crippen LogP contribution in [-0.4, -0.2) is 39.9 Å². The minimum absolute atomic E-state index is 0.0183. The molecule has 0 saturated carbocycles. The van der Waals surface area contributed by atoms with Gasteiger partial charge in [-0.25, -0.2) is 12.8 Å². The third kappa shape index (κ3) is 4.46. The zero-order valence-corrected chi connectivity index (χ0v) is 20.4. The number of halogens is 1. The van der Waals surface area contributed by atoms with Crippen molar-refractivity contribution in [2.24, 2.45) is 4.99 Å². The van der Waals surface area contributed by atoms with E-state index in [9.17, 15) is 27.7 Å². The molecule has 33 heavy (non-hydrogen) atoms. The lowest BCUT2D eigenvalue weighted by Gasteiger charge is -2.44. The van der Waals surface area contributed by atoms with Crippen LogP contribution in [0.2, 0.25) is 0 Å². The average molecular weight is 493 g/mol. The van der Waals surface area contributed by atoms with E-state index in [2.05, 4.69) is 4.99 Å². The van der Waals surface area contributed by atoms with Crippen molar-refractivity contribution in [2.75, 3.05) is 5.75 Å². The maximum atomic E-state index is 14.9. The molecule has 0 saturated heterocycles. The number of thioether (sulfide) groups is 1. The van der Waals surface area contributed by atoms with Crippen LogP contribution in [0.15, 0.2) is 53.5 Å². The predicted molar refractivity (Wildman–Crippen MR) is 128 cm³/mol. The lowest BCUT2D eigenvalue weighted by Crippen LogP contribution is -2.57. The number of non-ortho nitro benzene ring substituents is 1. The molecule has 1 aliphatic rings. The molecule has 0 N–H and O–H groups in total. The SMILES string of the molecule is CC1=N[C@](C)(c2cc([N+](=O)[O-])ccc2F)C(CCSC(=O)c2ccccc2)S(=O)(=O)C1(C)C. The Morgan fingerprint density at radius 2 is 1.82 bits per heavy atom. The van der Waals surface area contributed by atoms with E-state index < -0.39 is 36.1 Å². The Balaban J connectivity index is 2.03. The number of nitro groups is 1. The first-order valence-electron chi connectivity index (χ1n) is 10.3. The molecule has 0 spiro atoms. The molecule has 0 bridgehead atoms. The van der Waals surface area contributed by atoms with Crippen LogP contribution in [0.5, 0.6) is 0 Å². The molecule has 1 unspecified atom stereocenters. The Kier molecular flexibility index (Phi) is 6.82. The summed E-state index contributed by atoms with van der Waals surface area (Å²) in [6, 6.07) is 11.7. The van der Waals surface area contributed by atoms with Crippen LogP contribution in [-0.2, 0) is 15.4 Å². The van der Waals surface area contributed by atoms with Crippen LogP contribution in [0, 0.1) is 15.9 Å². The molecule has 2 aromatic carbocycles. The van der Waals surface area contributed by atoms with Crippen molar-refractivity contribution >= 4 is 38.1 Å². The second kappa shape index (κ2) is 8.98. The Morgan fingerprint density at radius 3 is 2.42 bits per heavy atom. The van der Waals surface area contributed by atoms with Gasteiger partial charge in [0.05, 0.1) is 10.2 Å². The van der Waals surface area contributed by atoms with E-state index in [1.165, 1.54) is 6.92 Å². The van der Waals surface area contributed by atoms with E-state index in [4.69, 9.17) is 0 Å². The normalized spacial score (nSPS) is 23.5. The van der Waals surface area contributed by atoms with Gasteiger partial charge >= 0.3 is 0 Å². The number of benzene rings is 2. The van der Waals surface area contributed by atoms with Gasteiger partial charge < -0.3 is 0 Å². The van der Waals surface area contributed by atoms with Gasteiger partial charge in [0.25, 0.3) is 5.69 Å². The Labute approximate surface area is 196 Å². The second-order valence-corrected chi connectivity index (χ2v) is 12.3. The smallest absolute Gasteiger partial charge is 0.270 e. The molecule has 10 heteroatoms. The van der Waals surface area contributed by atoms with Crippen molar-refractivity contribution in [1.29, 1.82) is 0 Å². The van der Waals surface area contributed by atoms with Gasteiger partial charge in [-0.1, -0.05) is 42.1 Å². The minimum atomic E-state index is -3.91. The molecule has 0 aliphatic carbocycles. The van der Waals surface area contributed by atoms with Crippen LogP contribution < -0.4 is 0 Å². The van der Waals surface area contributed by atoms with Crippen LogP contribution in [0.25, 0.3) is 0 Å². The largest absolute Gasteiger partial charge is 0.282 e. The maximum absolute atomic E-state index is 14.9. The monoisotopic (exact) mass is 492 g/mol. The summed E-state index contributed by atoms with van der Waals surface area (Å²) in [7, 11) is -3.91. The summed E-state index contributed by atoms with van der Waals surface area (Å²) in [6.07, 6.45) is 0.0183. The maximum Gasteiger partial charge on any atom is 0.270 e. The fourth-order valence-electron chi connectivity index (χ4n) is 4.02. The molecule has 3 rings (SSSR count). The van der Waals surface area contributed by atoms with Gasteiger partial charge in [0.1, 0.15) is 16.1 Å². The molecule has 0 aromatic heterocycles. The summed E-state index contributed by atoms with van der Waals surface area (Å²) < 4.78 is 41.0. The van der Waals surface area contributed by atoms with E-state index in [-0.39, 0.29) is 28.5 Å². The number of hydrogen-bond acceptors (Lipinski definition) is 7. The van der Waals surface area contributed by atoms with Gasteiger partial charge in [-0.15, -0.1) is 0 Å². The molecule has 0 radical (unpaired) electrons. The van der Waals surface area contributed by atoms with Crippen molar-refractivity contribution in [1.82, 2.24) is 0 Å². The number of nitrogens with zero attached hydrogens (tertiary/aromatic N) is 2. The highest BCUT2D eigenvalue weighted by atomic mass is 32.2. The fraction of sp³-hybridized carbons (Fsp3) is 0.391. The lowest BCUT2D eigenvalue weighted by molar-refractivity contribution is -0.385. The number of rotatable bonds is 6. The lowest BCUT2D eigenvalue weighted by atomic mass is 9.85.